The molecule has 1 aromatic heterocycles. The van der Waals surface area contributed by atoms with Gasteiger partial charge in [0.1, 0.15) is 0 Å². The van der Waals surface area contributed by atoms with Gasteiger partial charge in [0.25, 0.3) is 0 Å². The van der Waals surface area contributed by atoms with Crippen LogP contribution in [0.1, 0.15) is 16.8 Å². The summed E-state index contributed by atoms with van der Waals surface area (Å²) in [5, 5.41) is 7.39. The number of hydrogen-bond donors (Lipinski definition) is 3. The maximum absolute atomic E-state index is 12.7. The highest BCUT2D eigenvalue weighted by Gasteiger charge is 2.24. The lowest BCUT2D eigenvalue weighted by atomic mass is 10.0. The van der Waals surface area contributed by atoms with Crippen molar-refractivity contribution < 1.29 is 14.3 Å². The summed E-state index contributed by atoms with van der Waals surface area (Å²) >= 11 is 6.14. The number of H-pyrrole nitrogens is 1. The Bertz CT molecular complexity index is 1190. The maximum Gasteiger partial charge on any atom is 0.318 e. The van der Waals surface area contributed by atoms with E-state index in [9.17, 15) is 9.59 Å². The van der Waals surface area contributed by atoms with Gasteiger partial charge in [-0.15, -0.1) is 0 Å². The Morgan fingerprint density at radius 3 is 2.65 bits per heavy atom. The van der Waals surface area contributed by atoms with Gasteiger partial charge in [-0.05, 0) is 47.9 Å². The van der Waals surface area contributed by atoms with Crippen molar-refractivity contribution in [2.45, 2.75) is 19.5 Å². The number of carbonyl (C=O) groups is 2. The van der Waals surface area contributed by atoms with E-state index in [1.807, 2.05) is 42.5 Å². The van der Waals surface area contributed by atoms with Crippen LogP contribution < -0.4 is 10.6 Å². The number of hydrogen-bond acceptors (Lipinski definition) is 4. The number of ether oxygens (including phenoxy) is 1. The van der Waals surface area contributed by atoms with Crippen LogP contribution in [0.4, 0.5) is 10.5 Å². The highest BCUT2D eigenvalue weighted by Crippen LogP contribution is 2.29. The molecule has 1 fully saturated rings. The van der Waals surface area contributed by atoms with Crippen LogP contribution in [0.2, 0.25) is 5.02 Å². The summed E-state index contributed by atoms with van der Waals surface area (Å²) in [6.07, 6.45) is 0.742. The van der Waals surface area contributed by atoms with E-state index in [-0.39, 0.29) is 18.5 Å². The number of amides is 3. The summed E-state index contributed by atoms with van der Waals surface area (Å²) in [6, 6.07) is 13.3. The van der Waals surface area contributed by atoms with E-state index < -0.39 is 0 Å². The molecule has 3 amide bonds. The monoisotopic (exact) mass is 481 g/mol. The molecule has 8 nitrogen and oxygen atoms in total. The van der Waals surface area contributed by atoms with Crippen LogP contribution >= 0.6 is 11.6 Å². The van der Waals surface area contributed by atoms with Gasteiger partial charge >= 0.3 is 6.03 Å². The molecule has 0 unspecified atom stereocenters. The molecule has 1 saturated heterocycles. The Morgan fingerprint density at radius 2 is 1.85 bits per heavy atom. The number of aromatic nitrogens is 1. The summed E-state index contributed by atoms with van der Waals surface area (Å²) in [5.74, 6) is -0.257. The molecule has 0 atom stereocenters. The number of fused-ring (bicyclic) bond motifs is 3. The van der Waals surface area contributed by atoms with E-state index in [1.54, 1.807) is 4.90 Å². The largest absolute Gasteiger partial charge is 0.379 e. The van der Waals surface area contributed by atoms with Crippen molar-refractivity contribution >= 4 is 40.1 Å². The van der Waals surface area contributed by atoms with Crippen LogP contribution in [0.5, 0.6) is 0 Å². The quantitative estimate of drug-likeness (QED) is 0.521. The van der Waals surface area contributed by atoms with Gasteiger partial charge in [0.05, 0.1) is 26.3 Å². The van der Waals surface area contributed by atoms with Crippen LogP contribution in [0.25, 0.3) is 10.9 Å². The Morgan fingerprint density at radius 1 is 1.06 bits per heavy atom. The average Bonchev–Trinajstić information content (AvgIpc) is 3.21. The Kier molecular flexibility index (Phi) is 6.71. The second kappa shape index (κ2) is 10.0. The van der Waals surface area contributed by atoms with Crippen LogP contribution in [0.3, 0.4) is 0 Å². The second-order valence-corrected chi connectivity index (χ2v) is 9.17. The van der Waals surface area contributed by atoms with Crippen LogP contribution in [-0.2, 0) is 29.0 Å². The van der Waals surface area contributed by atoms with Gasteiger partial charge in [0, 0.05) is 53.5 Å². The van der Waals surface area contributed by atoms with Crippen LogP contribution in [0, 0.1) is 0 Å². The third-order valence-corrected chi connectivity index (χ3v) is 6.61. The summed E-state index contributed by atoms with van der Waals surface area (Å²) in [5.41, 5.74) is 5.14. The lowest BCUT2D eigenvalue weighted by Gasteiger charge is -2.27. The molecule has 2 aliphatic heterocycles. The van der Waals surface area contributed by atoms with Crippen molar-refractivity contribution in [3.05, 3.63) is 64.3 Å². The fourth-order valence-electron chi connectivity index (χ4n) is 4.57. The van der Waals surface area contributed by atoms with Gasteiger partial charge < -0.3 is 25.3 Å². The molecule has 0 radical (unpaired) electrons. The molecule has 3 N–H and O–H groups in total. The highest BCUT2D eigenvalue weighted by atomic mass is 35.5. The van der Waals surface area contributed by atoms with Crippen molar-refractivity contribution in [3.63, 3.8) is 0 Å². The lowest BCUT2D eigenvalue weighted by Crippen LogP contribution is -2.45. The van der Waals surface area contributed by atoms with Crippen LogP contribution in [0.15, 0.2) is 42.5 Å². The van der Waals surface area contributed by atoms with E-state index >= 15 is 0 Å². The molecule has 34 heavy (non-hydrogen) atoms. The van der Waals surface area contributed by atoms with E-state index in [2.05, 4.69) is 20.5 Å². The van der Waals surface area contributed by atoms with Gasteiger partial charge in [-0.25, -0.2) is 4.79 Å². The molecule has 178 valence electrons. The number of nitrogens with one attached hydrogen (secondary N) is 3. The predicted molar refractivity (Wildman–Crippen MR) is 132 cm³/mol. The first-order valence-electron chi connectivity index (χ1n) is 11.6. The minimum atomic E-state index is -0.257. The third kappa shape index (κ3) is 5.19. The summed E-state index contributed by atoms with van der Waals surface area (Å²) < 4.78 is 5.38. The van der Waals surface area contributed by atoms with E-state index in [4.69, 9.17) is 16.3 Å². The predicted octanol–water partition coefficient (Wildman–Crippen LogP) is 3.36. The number of aromatic amines is 1. The van der Waals surface area contributed by atoms with Gasteiger partial charge in [-0.2, -0.15) is 0 Å². The zero-order chi connectivity index (χ0) is 23.5. The third-order valence-electron chi connectivity index (χ3n) is 6.37. The SMILES string of the molecule is O=C(CNC(=O)N1CCc2c([nH]c3ccc(Cl)cc23)C1)Nc1ccc(CN2CCOCC2)cc1. The standard InChI is InChI=1S/C25H28ClN5O3/c26-18-3-6-22-21(13-18)20-7-8-31(16-23(20)29-22)25(33)27-14-24(32)28-19-4-1-17(2-5-19)15-30-9-11-34-12-10-30/h1-6,13,29H,7-12,14-16H2,(H,27,33)(H,28,32). The molecule has 0 saturated carbocycles. The zero-order valence-electron chi connectivity index (χ0n) is 18.9. The number of nitrogens with zero attached hydrogens (tertiary/aromatic N) is 2. The molecule has 0 aliphatic carbocycles. The molecular formula is C25H28ClN5O3. The Labute approximate surface area is 203 Å². The van der Waals surface area contributed by atoms with Crippen molar-refractivity contribution in [2.24, 2.45) is 0 Å². The average molecular weight is 482 g/mol. The van der Waals surface area contributed by atoms with Gasteiger partial charge in [-0.3, -0.25) is 9.69 Å². The van der Waals surface area contributed by atoms with E-state index in [0.717, 1.165) is 55.9 Å². The topological polar surface area (TPSA) is 89.7 Å². The summed E-state index contributed by atoms with van der Waals surface area (Å²) in [6.45, 7) is 5.26. The van der Waals surface area contributed by atoms with Gasteiger partial charge in [0.2, 0.25) is 5.91 Å². The van der Waals surface area contributed by atoms with Gasteiger partial charge in [-0.1, -0.05) is 23.7 Å². The summed E-state index contributed by atoms with van der Waals surface area (Å²) in [4.78, 5) is 32.5. The molecule has 2 aliphatic rings. The molecule has 2 aromatic carbocycles. The molecule has 3 aromatic rings. The molecule has 9 heteroatoms. The van der Waals surface area contributed by atoms with Crippen molar-refractivity contribution in [1.82, 2.24) is 20.1 Å². The first-order valence-corrected chi connectivity index (χ1v) is 11.9. The molecule has 0 spiro atoms. The lowest BCUT2D eigenvalue weighted by molar-refractivity contribution is -0.115. The Balaban J connectivity index is 1.10. The summed E-state index contributed by atoms with van der Waals surface area (Å²) in [7, 11) is 0. The fraction of sp³-hybridized carbons (Fsp3) is 0.360. The van der Waals surface area contributed by atoms with Crippen molar-refractivity contribution in [1.29, 1.82) is 0 Å². The number of carbonyl (C=O) groups excluding carboxylic acids is 2. The number of benzene rings is 2. The van der Waals surface area contributed by atoms with Crippen LogP contribution in [-0.4, -0.2) is 66.1 Å². The number of halogens is 1. The van der Waals surface area contributed by atoms with E-state index in [0.29, 0.717) is 23.8 Å². The van der Waals surface area contributed by atoms with E-state index in [1.165, 1.54) is 11.1 Å². The van der Waals surface area contributed by atoms with Crippen molar-refractivity contribution in [3.8, 4) is 0 Å². The number of anilines is 1. The minimum Gasteiger partial charge on any atom is -0.379 e. The molecule has 5 rings (SSSR count). The number of morpholine rings is 1. The smallest absolute Gasteiger partial charge is 0.318 e. The number of rotatable bonds is 5. The molecule has 3 heterocycles. The maximum atomic E-state index is 12.7. The van der Waals surface area contributed by atoms with Crippen molar-refractivity contribution in [2.75, 3.05) is 44.7 Å². The fourth-order valence-corrected chi connectivity index (χ4v) is 4.74. The first-order chi connectivity index (χ1) is 16.5. The highest BCUT2D eigenvalue weighted by molar-refractivity contribution is 6.31. The zero-order valence-corrected chi connectivity index (χ0v) is 19.7. The molecule has 0 bridgehead atoms. The first kappa shape index (κ1) is 22.7. The minimum absolute atomic E-state index is 0.0833. The number of urea groups is 1. The molecular weight excluding hydrogens is 454 g/mol. The normalized spacial score (nSPS) is 16.3. The Hall–Kier alpha value is -3.07. The second-order valence-electron chi connectivity index (χ2n) is 8.74. The van der Waals surface area contributed by atoms with Gasteiger partial charge in [0.15, 0.2) is 0 Å².